The Balaban J connectivity index is 0. The quantitative estimate of drug-likeness (QED) is 0.154. The average Bonchev–Trinajstić information content (AvgIpc) is 2.50. The summed E-state index contributed by atoms with van der Waals surface area (Å²) in [5.74, 6) is 0.910. The molecule has 0 radical (unpaired) electrons. The van der Waals surface area contributed by atoms with Crippen LogP contribution in [0.4, 0.5) is 0 Å². The molecule has 1 atom stereocenters. The molecule has 0 aromatic carbocycles. The van der Waals surface area contributed by atoms with Crippen LogP contribution in [0.1, 0.15) is 33.1 Å². The van der Waals surface area contributed by atoms with Gasteiger partial charge in [0.15, 0.2) is 5.96 Å². The van der Waals surface area contributed by atoms with E-state index in [0.29, 0.717) is 25.0 Å². The zero-order valence-corrected chi connectivity index (χ0v) is 16.9. The zero-order chi connectivity index (χ0) is 16.6. The van der Waals surface area contributed by atoms with Gasteiger partial charge in [-0.3, -0.25) is 4.79 Å². The highest BCUT2D eigenvalue weighted by atomic mass is 127. The van der Waals surface area contributed by atoms with E-state index < -0.39 is 0 Å². The predicted molar refractivity (Wildman–Crippen MR) is 104 cm³/mol. The number of methoxy groups -OCH3 is 1. The Labute approximate surface area is 157 Å². The van der Waals surface area contributed by atoms with Crippen LogP contribution in [-0.4, -0.2) is 63.5 Å². The minimum atomic E-state index is -0.130. The van der Waals surface area contributed by atoms with Crippen LogP contribution in [0, 0.1) is 5.92 Å². The van der Waals surface area contributed by atoms with E-state index in [2.05, 4.69) is 27.9 Å². The van der Waals surface area contributed by atoms with Crippen LogP contribution < -0.4 is 16.0 Å². The summed E-state index contributed by atoms with van der Waals surface area (Å²) in [4.78, 5) is 15.9. The van der Waals surface area contributed by atoms with Crippen LogP contribution in [0.25, 0.3) is 0 Å². The molecule has 0 fully saturated rings. The van der Waals surface area contributed by atoms with E-state index in [1.54, 1.807) is 7.11 Å². The van der Waals surface area contributed by atoms with Gasteiger partial charge in [0.25, 0.3) is 0 Å². The third-order valence-corrected chi connectivity index (χ3v) is 3.15. The molecule has 0 rings (SSSR count). The number of nitrogens with zero attached hydrogens (tertiary/aromatic N) is 1. The number of ether oxygens (including phenoxy) is 1. The lowest BCUT2D eigenvalue weighted by Gasteiger charge is -2.18. The third kappa shape index (κ3) is 14.7. The maximum atomic E-state index is 11.6. The first-order chi connectivity index (χ1) is 10.7. The lowest BCUT2D eigenvalue weighted by molar-refractivity contribution is -0.119. The number of aliphatic hydroxyl groups excluding tert-OH is 1. The van der Waals surface area contributed by atoms with Crippen LogP contribution in [-0.2, 0) is 9.53 Å². The maximum absolute atomic E-state index is 11.6. The van der Waals surface area contributed by atoms with Gasteiger partial charge in [-0.15, -0.1) is 24.0 Å². The highest BCUT2D eigenvalue weighted by molar-refractivity contribution is 14.0. The minimum absolute atomic E-state index is 0. The first-order valence-corrected chi connectivity index (χ1v) is 8.06. The van der Waals surface area contributed by atoms with Crippen LogP contribution in [0.15, 0.2) is 4.99 Å². The summed E-state index contributed by atoms with van der Waals surface area (Å²) in [5, 5.41) is 18.2. The van der Waals surface area contributed by atoms with Gasteiger partial charge in [-0.05, 0) is 25.7 Å². The Kier molecular flexibility index (Phi) is 19.0. The van der Waals surface area contributed by atoms with E-state index in [1.165, 1.54) is 0 Å². The Morgan fingerprint density at radius 1 is 1.22 bits per heavy atom. The van der Waals surface area contributed by atoms with Gasteiger partial charge in [0.1, 0.15) is 6.54 Å². The number of carbonyl (C=O) groups is 1. The molecule has 0 aliphatic heterocycles. The summed E-state index contributed by atoms with van der Waals surface area (Å²) in [6, 6.07) is 0. The van der Waals surface area contributed by atoms with E-state index >= 15 is 0 Å². The van der Waals surface area contributed by atoms with Crippen molar-refractivity contribution in [3.8, 4) is 0 Å². The van der Waals surface area contributed by atoms with Gasteiger partial charge >= 0.3 is 0 Å². The SMILES string of the molecule is CCCC(CCO)CNC(=NCC(=O)NCCOC)NCC.I. The summed E-state index contributed by atoms with van der Waals surface area (Å²) in [6.45, 7) is 6.85. The third-order valence-electron chi connectivity index (χ3n) is 3.15. The monoisotopic (exact) mass is 444 g/mol. The minimum Gasteiger partial charge on any atom is -0.396 e. The molecule has 0 aliphatic carbocycles. The fourth-order valence-electron chi connectivity index (χ4n) is 2.02. The van der Waals surface area contributed by atoms with Gasteiger partial charge in [0.2, 0.25) is 5.91 Å². The van der Waals surface area contributed by atoms with Crippen molar-refractivity contribution in [3.63, 3.8) is 0 Å². The molecule has 0 heterocycles. The van der Waals surface area contributed by atoms with Gasteiger partial charge in [-0.1, -0.05) is 13.3 Å². The van der Waals surface area contributed by atoms with E-state index in [1.807, 2.05) is 6.92 Å². The second-order valence-electron chi connectivity index (χ2n) is 5.09. The molecule has 0 aromatic rings. The molecule has 138 valence electrons. The van der Waals surface area contributed by atoms with E-state index in [9.17, 15) is 4.79 Å². The summed E-state index contributed by atoms with van der Waals surface area (Å²) in [6.07, 6.45) is 2.92. The second-order valence-corrected chi connectivity index (χ2v) is 5.09. The number of nitrogens with one attached hydrogen (secondary N) is 3. The largest absolute Gasteiger partial charge is 0.396 e. The second kappa shape index (κ2) is 17.7. The lowest BCUT2D eigenvalue weighted by Crippen LogP contribution is -2.41. The normalized spacial score (nSPS) is 12.3. The molecule has 23 heavy (non-hydrogen) atoms. The first-order valence-electron chi connectivity index (χ1n) is 8.06. The lowest BCUT2D eigenvalue weighted by atomic mass is 10.0. The van der Waals surface area contributed by atoms with E-state index in [0.717, 1.165) is 32.4 Å². The van der Waals surface area contributed by atoms with Crippen molar-refractivity contribution in [3.05, 3.63) is 0 Å². The first kappa shape index (κ1) is 24.6. The molecule has 0 spiro atoms. The van der Waals surface area contributed by atoms with Crippen molar-refractivity contribution < 1.29 is 14.6 Å². The average molecular weight is 444 g/mol. The number of carbonyl (C=O) groups excluding carboxylic acids is 1. The van der Waals surface area contributed by atoms with Gasteiger partial charge in [-0.25, -0.2) is 4.99 Å². The van der Waals surface area contributed by atoms with Crippen molar-refractivity contribution >= 4 is 35.8 Å². The smallest absolute Gasteiger partial charge is 0.241 e. The van der Waals surface area contributed by atoms with Gasteiger partial charge in [0, 0.05) is 33.4 Å². The number of halogens is 1. The van der Waals surface area contributed by atoms with E-state index in [4.69, 9.17) is 9.84 Å². The Hall–Kier alpha value is -0.610. The molecule has 0 saturated heterocycles. The fourth-order valence-corrected chi connectivity index (χ4v) is 2.02. The van der Waals surface area contributed by atoms with Crippen LogP contribution in [0.2, 0.25) is 0 Å². The number of aliphatic hydroxyl groups is 1. The Bertz CT molecular complexity index is 311. The molecule has 4 N–H and O–H groups in total. The van der Waals surface area contributed by atoms with Gasteiger partial charge in [-0.2, -0.15) is 0 Å². The van der Waals surface area contributed by atoms with Gasteiger partial charge in [0.05, 0.1) is 6.61 Å². The van der Waals surface area contributed by atoms with E-state index in [-0.39, 0.29) is 43.0 Å². The number of aliphatic imine (C=N–C) groups is 1. The van der Waals surface area contributed by atoms with Gasteiger partial charge < -0.3 is 25.8 Å². The fraction of sp³-hybridized carbons (Fsp3) is 0.867. The van der Waals surface area contributed by atoms with Crippen LogP contribution in [0.3, 0.4) is 0 Å². The molecule has 0 aliphatic rings. The highest BCUT2D eigenvalue weighted by Crippen LogP contribution is 2.09. The molecule has 1 amide bonds. The number of amides is 1. The molecule has 7 nitrogen and oxygen atoms in total. The van der Waals surface area contributed by atoms with Crippen LogP contribution in [0.5, 0.6) is 0 Å². The molecule has 0 aromatic heterocycles. The Morgan fingerprint density at radius 2 is 1.96 bits per heavy atom. The standard InChI is InChI=1S/C15H32N4O3.HI/c1-4-6-13(7-9-20)11-18-15(16-5-2)19-12-14(21)17-8-10-22-3;/h13,20H,4-12H2,1-3H3,(H,17,21)(H2,16,18,19);1H. The van der Waals surface area contributed by atoms with Crippen molar-refractivity contribution in [1.82, 2.24) is 16.0 Å². The molecule has 0 bridgehead atoms. The Morgan fingerprint density at radius 3 is 2.52 bits per heavy atom. The highest BCUT2D eigenvalue weighted by Gasteiger charge is 2.08. The molecule has 1 unspecified atom stereocenters. The summed E-state index contributed by atoms with van der Waals surface area (Å²) >= 11 is 0. The molecule has 8 heteroatoms. The number of rotatable bonds is 12. The molecule has 0 saturated carbocycles. The van der Waals surface area contributed by atoms with Crippen molar-refractivity contribution in [2.45, 2.75) is 33.1 Å². The maximum Gasteiger partial charge on any atom is 0.241 e. The number of hydrogen-bond acceptors (Lipinski definition) is 4. The zero-order valence-electron chi connectivity index (χ0n) is 14.6. The van der Waals surface area contributed by atoms with Crippen molar-refractivity contribution in [2.75, 3.05) is 46.5 Å². The van der Waals surface area contributed by atoms with Crippen LogP contribution >= 0.6 is 24.0 Å². The topological polar surface area (TPSA) is 95.0 Å². The van der Waals surface area contributed by atoms with Crippen molar-refractivity contribution in [1.29, 1.82) is 0 Å². The summed E-state index contributed by atoms with van der Waals surface area (Å²) in [5.41, 5.74) is 0. The predicted octanol–water partition coefficient (Wildman–Crippen LogP) is 0.721. The number of hydrogen-bond donors (Lipinski definition) is 4. The molecular weight excluding hydrogens is 411 g/mol. The van der Waals surface area contributed by atoms with Crippen molar-refractivity contribution in [2.24, 2.45) is 10.9 Å². The number of guanidine groups is 1. The summed E-state index contributed by atoms with van der Waals surface area (Å²) in [7, 11) is 1.59. The summed E-state index contributed by atoms with van der Waals surface area (Å²) < 4.78 is 4.87. The molecular formula is C15H33IN4O3.